The fourth-order valence-corrected chi connectivity index (χ4v) is 3.05. The molecular formula is C19H32IN3O4. The lowest BCUT2D eigenvalue weighted by Gasteiger charge is -2.14. The van der Waals surface area contributed by atoms with Gasteiger partial charge in [-0.1, -0.05) is 0 Å². The van der Waals surface area contributed by atoms with Gasteiger partial charge in [-0.05, 0) is 31.4 Å². The van der Waals surface area contributed by atoms with Crippen LogP contribution in [0.15, 0.2) is 27.8 Å². The molecule has 7 nitrogen and oxygen atoms in total. The van der Waals surface area contributed by atoms with Gasteiger partial charge >= 0.3 is 0 Å². The third-order valence-corrected chi connectivity index (χ3v) is 4.63. The molecule has 0 saturated carbocycles. The predicted molar refractivity (Wildman–Crippen MR) is 115 cm³/mol. The number of ether oxygens (including phenoxy) is 3. The van der Waals surface area contributed by atoms with Crippen LogP contribution in [0.1, 0.15) is 25.0 Å². The standard InChI is InChI=1S/C19H31N3O4.HI/c1-3-17(25-9-1)4-8-21-19(22-13-16-5-11-23-14-16)20-7-2-10-26-18-6-12-24-15-18;/h1,3,9,16,18H,2,4-8,10-15H2,(H2,20,21,22);1H. The molecule has 2 N–H and O–H groups in total. The summed E-state index contributed by atoms with van der Waals surface area (Å²) in [7, 11) is 0. The maximum atomic E-state index is 5.80. The molecule has 2 saturated heterocycles. The highest BCUT2D eigenvalue weighted by molar-refractivity contribution is 14.0. The van der Waals surface area contributed by atoms with Crippen LogP contribution in [0.2, 0.25) is 0 Å². The molecule has 1 aromatic heterocycles. The summed E-state index contributed by atoms with van der Waals surface area (Å²) in [5, 5.41) is 6.80. The van der Waals surface area contributed by atoms with Crippen molar-refractivity contribution in [3.05, 3.63) is 24.2 Å². The van der Waals surface area contributed by atoms with E-state index in [1.807, 2.05) is 12.1 Å². The normalized spacial score (nSPS) is 22.6. The van der Waals surface area contributed by atoms with Crippen LogP contribution in [0, 0.1) is 5.92 Å². The molecule has 8 heteroatoms. The van der Waals surface area contributed by atoms with Crippen LogP contribution < -0.4 is 10.6 Å². The molecule has 0 spiro atoms. The first-order valence-corrected chi connectivity index (χ1v) is 9.72. The van der Waals surface area contributed by atoms with Crippen LogP contribution in [0.4, 0.5) is 0 Å². The minimum absolute atomic E-state index is 0. The first-order chi connectivity index (χ1) is 12.9. The first-order valence-electron chi connectivity index (χ1n) is 9.72. The second kappa shape index (κ2) is 13.4. The molecule has 3 heterocycles. The second-order valence-corrected chi connectivity index (χ2v) is 6.81. The van der Waals surface area contributed by atoms with Gasteiger partial charge in [-0.15, -0.1) is 24.0 Å². The molecule has 3 rings (SSSR count). The van der Waals surface area contributed by atoms with Gasteiger partial charge in [-0.3, -0.25) is 4.99 Å². The lowest BCUT2D eigenvalue weighted by molar-refractivity contribution is 0.0420. The van der Waals surface area contributed by atoms with Crippen molar-refractivity contribution >= 4 is 29.9 Å². The first kappa shape index (κ1) is 22.4. The smallest absolute Gasteiger partial charge is 0.191 e. The van der Waals surface area contributed by atoms with Gasteiger partial charge in [-0.25, -0.2) is 0 Å². The number of hydrogen-bond acceptors (Lipinski definition) is 5. The van der Waals surface area contributed by atoms with Crippen LogP contribution in [0.3, 0.4) is 0 Å². The molecule has 0 bridgehead atoms. The molecule has 2 aliphatic rings. The molecule has 27 heavy (non-hydrogen) atoms. The molecule has 0 aliphatic carbocycles. The molecule has 0 radical (unpaired) electrons. The summed E-state index contributed by atoms with van der Waals surface area (Å²) in [4.78, 5) is 4.72. The summed E-state index contributed by atoms with van der Waals surface area (Å²) < 4.78 is 21.9. The fraction of sp³-hybridized carbons (Fsp3) is 0.737. The van der Waals surface area contributed by atoms with Gasteiger partial charge in [0.25, 0.3) is 0 Å². The van der Waals surface area contributed by atoms with Gasteiger partial charge in [0.15, 0.2) is 5.96 Å². The van der Waals surface area contributed by atoms with Crippen molar-refractivity contribution in [2.24, 2.45) is 10.9 Å². The van der Waals surface area contributed by atoms with Crippen molar-refractivity contribution in [3.63, 3.8) is 0 Å². The summed E-state index contributed by atoms with van der Waals surface area (Å²) in [6.07, 6.45) is 5.88. The van der Waals surface area contributed by atoms with Crippen LogP contribution in [-0.4, -0.2) is 64.7 Å². The van der Waals surface area contributed by atoms with Gasteiger partial charge in [0.2, 0.25) is 0 Å². The van der Waals surface area contributed by atoms with Crippen molar-refractivity contribution in [3.8, 4) is 0 Å². The third-order valence-electron chi connectivity index (χ3n) is 4.63. The highest BCUT2D eigenvalue weighted by Crippen LogP contribution is 2.12. The van der Waals surface area contributed by atoms with E-state index >= 15 is 0 Å². The molecule has 2 unspecified atom stereocenters. The molecule has 2 aliphatic heterocycles. The van der Waals surface area contributed by atoms with Crippen LogP contribution in [0.25, 0.3) is 0 Å². The molecule has 2 fully saturated rings. The van der Waals surface area contributed by atoms with Gasteiger partial charge in [0.1, 0.15) is 5.76 Å². The predicted octanol–water partition coefficient (Wildman–Crippen LogP) is 2.21. The number of aliphatic imine (C=N–C) groups is 1. The van der Waals surface area contributed by atoms with Crippen LogP contribution in [0.5, 0.6) is 0 Å². The molecule has 154 valence electrons. The number of nitrogens with one attached hydrogen (secondary N) is 2. The molecule has 0 amide bonds. The molecule has 0 aromatic carbocycles. The van der Waals surface area contributed by atoms with E-state index in [0.29, 0.717) is 5.92 Å². The van der Waals surface area contributed by atoms with Crippen LogP contribution >= 0.6 is 24.0 Å². The zero-order chi connectivity index (χ0) is 17.9. The number of furan rings is 1. The summed E-state index contributed by atoms with van der Waals surface area (Å²) in [5.41, 5.74) is 0. The Morgan fingerprint density at radius 1 is 1.15 bits per heavy atom. The maximum Gasteiger partial charge on any atom is 0.191 e. The lowest BCUT2D eigenvalue weighted by Crippen LogP contribution is -2.39. The average Bonchev–Trinajstić information content (AvgIpc) is 3.42. The van der Waals surface area contributed by atoms with Gasteiger partial charge in [0.05, 0.1) is 25.6 Å². The van der Waals surface area contributed by atoms with Gasteiger partial charge in [0, 0.05) is 51.8 Å². The van der Waals surface area contributed by atoms with Crippen molar-refractivity contribution in [1.29, 1.82) is 0 Å². The molecule has 2 atom stereocenters. The quantitative estimate of drug-likeness (QED) is 0.225. The molecule has 1 aromatic rings. The Morgan fingerprint density at radius 3 is 2.74 bits per heavy atom. The van der Waals surface area contributed by atoms with E-state index in [1.165, 1.54) is 0 Å². The minimum Gasteiger partial charge on any atom is -0.469 e. The fourth-order valence-electron chi connectivity index (χ4n) is 3.05. The minimum atomic E-state index is 0. The Morgan fingerprint density at radius 2 is 2.00 bits per heavy atom. The van der Waals surface area contributed by atoms with E-state index in [1.54, 1.807) is 6.26 Å². The van der Waals surface area contributed by atoms with Crippen molar-refractivity contribution < 1.29 is 18.6 Å². The van der Waals surface area contributed by atoms with Crippen molar-refractivity contribution in [2.75, 3.05) is 52.7 Å². The zero-order valence-electron chi connectivity index (χ0n) is 15.9. The highest BCUT2D eigenvalue weighted by atomic mass is 127. The number of halogens is 1. The summed E-state index contributed by atoms with van der Waals surface area (Å²) in [6, 6.07) is 3.91. The lowest BCUT2D eigenvalue weighted by atomic mass is 10.1. The summed E-state index contributed by atoms with van der Waals surface area (Å²) >= 11 is 0. The van der Waals surface area contributed by atoms with E-state index in [2.05, 4.69) is 10.6 Å². The van der Waals surface area contributed by atoms with Gasteiger partial charge < -0.3 is 29.3 Å². The number of nitrogens with zero attached hydrogens (tertiary/aromatic N) is 1. The van der Waals surface area contributed by atoms with Crippen molar-refractivity contribution in [1.82, 2.24) is 10.6 Å². The highest BCUT2D eigenvalue weighted by Gasteiger charge is 2.16. The topological polar surface area (TPSA) is 77.3 Å². The SMILES string of the molecule is I.c1coc(CCNC(=NCC2CCOC2)NCCCOC2CCOC2)c1. The van der Waals surface area contributed by atoms with Crippen molar-refractivity contribution in [2.45, 2.75) is 31.8 Å². The van der Waals surface area contributed by atoms with E-state index in [4.69, 9.17) is 23.6 Å². The van der Waals surface area contributed by atoms with Gasteiger partial charge in [-0.2, -0.15) is 0 Å². The van der Waals surface area contributed by atoms with E-state index < -0.39 is 0 Å². The van der Waals surface area contributed by atoms with Crippen LogP contribution in [-0.2, 0) is 20.6 Å². The second-order valence-electron chi connectivity index (χ2n) is 6.81. The summed E-state index contributed by atoms with van der Waals surface area (Å²) in [6.45, 7) is 6.40. The average molecular weight is 493 g/mol. The Labute approximate surface area is 178 Å². The number of guanidine groups is 1. The molecular weight excluding hydrogens is 461 g/mol. The Kier molecular flexibility index (Phi) is 11.1. The number of rotatable bonds is 10. The Balaban J connectivity index is 0.00000261. The third kappa shape index (κ3) is 8.80. The monoisotopic (exact) mass is 493 g/mol. The zero-order valence-corrected chi connectivity index (χ0v) is 18.2. The largest absolute Gasteiger partial charge is 0.469 e. The maximum absolute atomic E-state index is 5.80. The Bertz CT molecular complexity index is 515. The summed E-state index contributed by atoms with van der Waals surface area (Å²) in [5.74, 6) is 2.37. The number of hydrogen-bond donors (Lipinski definition) is 2. The van der Waals surface area contributed by atoms with E-state index in [-0.39, 0.29) is 30.1 Å². The van der Waals surface area contributed by atoms with E-state index in [9.17, 15) is 0 Å². The van der Waals surface area contributed by atoms with E-state index in [0.717, 1.165) is 90.1 Å². The Hall–Kier alpha value is -0.840.